The highest BCUT2D eigenvalue weighted by atomic mass is 16.5. The molecular weight excluding hydrogens is 366 g/mol. The van der Waals surface area contributed by atoms with Crippen molar-refractivity contribution in [3.63, 3.8) is 0 Å². The molecule has 0 spiro atoms. The van der Waals surface area contributed by atoms with Gasteiger partial charge in [0.25, 0.3) is 0 Å². The van der Waals surface area contributed by atoms with E-state index in [1.54, 1.807) is 0 Å². The summed E-state index contributed by atoms with van der Waals surface area (Å²) in [4.78, 5) is 4.36. The highest BCUT2D eigenvalue weighted by molar-refractivity contribution is 5.79. The van der Waals surface area contributed by atoms with Crippen molar-refractivity contribution in [1.82, 2.24) is 10.6 Å². The zero-order chi connectivity index (χ0) is 20.3. The number of hydrogen-bond acceptors (Lipinski definition) is 4. The number of benzene rings is 1. The Balaban J connectivity index is 1.35. The molecule has 162 valence electrons. The molecular formula is C23H37N3O3. The summed E-state index contributed by atoms with van der Waals surface area (Å²) < 4.78 is 17.4. The van der Waals surface area contributed by atoms with Crippen LogP contribution in [0.25, 0.3) is 0 Å². The zero-order valence-corrected chi connectivity index (χ0v) is 18.0. The van der Waals surface area contributed by atoms with Gasteiger partial charge in [0, 0.05) is 45.9 Å². The number of aliphatic imine (C=N–C) groups is 1. The zero-order valence-electron chi connectivity index (χ0n) is 18.0. The fourth-order valence-corrected chi connectivity index (χ4v) is 4.00. The Kier molecular flexibility index (Phi) is 9.25. The number of hydrogen-bond donors (Lipinski definition) is 2. The van der Waals surface area contributed by atoms with E-state index in [2.05, 4.69) is 46.8 Å². The second-order valence-electron chi connectivity index (χ2n) is 8.05. The molecule has 0 bridgehead atoms. The predicted molar refractivity (Wildman–Crippen MR) is 116 cm³/mol. The quantitative estimate of drug-likeness (QED) is 0.377. The van der Waals surface area contributed by atoms with Crippen molar-refractivity contribution in [1.29, 1.82) is 0 Å². The second kappa shape index (κ2) is 12.2. The van der Waals surface area contributed by atoms with Gasteiger partial charge in [-0.3, -0.25) is 4.99 Å². The standard InChI is InChI=1S/C23H37N3O3/c1-18-8-10-19(11-9-18)22-20(6-3-15-29-22)16-26-23(24-2)25-12-5-13-27-17-21-7-4-14-28-21/h8-11,20-22H,3-7,12-17H2,1-2H3,(H2,24,25,26). The SMILES string of the molecule is CN=C(NCCCOCC1CCCO1)NCC1CCCOC1c1ccc(C)cc1. The summed E-state index contributed by atoms with van der Waals surface area (Å²) in [5.74, 6) is 1.29. The summed E-state index contributed by atoms with van der Waals surface area (Å²) in [6.07, 6.45) is 5.98. The third-order valence-corrected chi connectivity index (χ3v) is 5.69. The average molecular weight is 404 g/mol. The van der Waals surface area contributed by atoms with Gasteiger partial charge in [-0.1, -0.05) is 29.8 Å². The van der Waals surface area contributed by atoms with Gasteiger partial charge in [-0.2, -0.15) is 0 Å². The Morgan fingerprint density at radius 2 is 1.90 bits per heavy atom. The van der Waals surface area contributed by atoms with Crippen molar-refractivity contribution in [2.24, 2.45) is 10.9 Å². The predicted octanol–water partition coefficient (Wildman–Crippen LogP) is 3.21. The van der Waals surface area contributed by atoms with Gasteiger partial charge in [-0.15, -0.1) is 0 Å². The molecule has 0 amide bonds. The van der Waals surface area contributed by atoms with Crippen molar-refractivity contribution in [3.8, 4) is 0 Å². The highest BCUT2D eigenvalue weighted by Crippen LogP contribution is 2.33. The maximum absolute atomic E-state index is 6.12. The Morgan fingerprint density at radius 1 is 1.10 bits per heavy atom. The second-order valence-corrected chi connectivity index (χ2v) is 8.05. The lowest BCUT2D eigenvalue weighted by molar-refractivity contribution is -0.0265. The van der Waals surface area contributed by atoms with Crippen LogP contribution in [0.2, 0.25) is 0 Å². The van der Waals surface area contributed by atoms with Crippen LogP contribution in [0.15, 0.2) is 29.3 Å². The maximum atomic E-state index is 6.12. The lowest BCUT2D eigenvalue weighted by Crippen LogP contribution is -2.42. The van der Waals surface area contributed by atoms with E-state index in [1.807, 2.05) is 7.05 Å². The van der Waals surface area contributed by atoms with E-state index < -0.39 is 0 Å². The van der Waals surface area contributed by atoms with Crippen LogP contribution in [0.4, 0.5) is 0 Å². The van der Waals surface area contributed by atoms with Crippen LogP contribution < -0.4 is 10.6 Å². The van der Waals surface area contributed by atoms with Crippen LogP contribution in [0.5, 0.6) is 0 Å². The Morgan fingerprint density at radius 3 is 2.66 bits per heavy atom. The summed E-state index contributed by atoms with van der Waals surface area (Å²) >= 11 is 0. The van der Waals surface area contributed by atoms with Crippen LogP contribution in [0.3, 0.4) is 0 Å². The summed E-state index contributed by atoms with van der Waals surface area (Å²) in [5, 5.41) is 6.87. The fraction of sp³-hybridized carbons (Fsp3) is 0.696. The first-order valence-corrected chi connectivity index (χ1v) is 11.1. The molecule has 2 N–H and O–H groups in total. The number of nitrogens with one attached hydrogen (secondary N) is 2. The molecule has 1 aromatic rings. The first-order chi connectivity index (χ1) is 14.3. The van der Waals surface area contributed by atoms with E-state index in [0.29, 0.717) is 12.0 Å². The molecule has 2 fully saturated rings. The smallest absolute Gasteiger partial charge is 0.190 e. The summed E-state index contributed by atoms with van der Waals surface area (Å²) in [6.45, 7) is 7.00. The molecule has 6 heteroatoms. The van der Waals surface area contributed by atoms with Crippen LogP contribution >= 0.6 is 0 Å². The lowest BCUT2D eigenvalue weighted by Gasteiger charge is -2.32. The molecule has 3 rings (SSSR count). The molecule has 1 aromatic carbocycles. The monoisotopic (exact) mass is 403 g/mol. The Labute approximate surface area is 175 Å². The van der Waals surface area contributed by atoms with Crippen LogP contribution in [0.1, 0.15) is 49.3 Å². The van der Waals surface area contributed by atoms with E-state index in [-0.39, 0.29) is 6.10 Å². The molecule has 6 nitrogen and oxygen atoms in total. The van der Waals surface area contributed by atoms with Gasteiger partial charge in [0.15, 0.2) is 5.96 Å². The van der Waals surface area contributed by atoms with Crippen LogP contribution in [0, 0.1) is 12.8 Å². The molecule has 2 heterocycles. The summed E-state index contributed by atoms with van der Waals surface area (Å²) in [7, 11) is 1.82. The molecule has 0 radical (unpaired) electrons. The van der Waals surface area contributed by atoms with Gasteiger partial charge in [-0.05, 0) is 44.6 Å². The molecule has 2 aliphatic heterocycles. The molecule has 0 saturated carbocycles. The van der Waals surface area contributed by atoms with Crippen LogP contribution in [-0.4, -0.2) is 58.6 Å². The van der Waals surface area contributed by atoms with Gasteiger partial charge in [0.2, 0.25) is 0 Å². The first-order valence-electron chi connectivity index (χ1n) is 11.1. The molecule has 0 aromatic heterocycles. The van der Waals surface area contributed by atoms with Gasteiger partial charge < -0.3 is 24.8 Å². The molecule has 2 saturated heterocycles. The maximum Gasteiger partial charge on any atom is 0.190 e. The summed E-state index contributed by atoms with van der Waals surface area (Å²) in [6, 6.07) is 8.72. The van der Waals surface area contributed by atoms with Crippen molar-refractivity contribution in [2.45, 2.75) is 51.2 Å². The van der Waals surface area contributed by atoms with E-state index in [0.717, 1.165) is 71.2 Å². The van der Waals surface area contributed by atoms with Crippen molar-refractivity contribution in [2.75, 3.05) is 46.6 Å². The van der Waals surface area contributed by atoms with Gasteiger partial charge in [0.05, 0.1) is 18.8 Å². The topological polar surface area (TPSA) is 64.1 Å². The third-order valence-electron chi connectivity index (χ3n) is 5.69. The highest BCUT2D eigenvalue weighted by Gasteiger charge is 2.27. The molecule has 2 aliphatic rings. The van der Waals surface area contributed by atoms with Gasteiger partial charge in [0.1, 0.15) is 0 Å². The van der Waals surface area contributed by atoms with Crippen molar-refractivity contribution < 1.29 is 14.2 Å². The molecule has 29 heavy (non-hydrogen) atoms. The molecule has 3 atom stereocenters. The van der Waals surface area contributed by atoms with E-state index in [1.165, 1.54) is 17.5 Å². The number of aryl methyl sites for hydroxylation is 1. The number of nitrogens with zero attached hydrogens (tertiary/aromatic N) is 1. The van der Waals surface area contributed by atoms with Crippen molar-refractivity contribution >= 4 is 5.96 Å². The van der Waals surface area contributed by atoms with Gasteiger partial charge in [-0.25, -0.2) is 0 Å². The minimum absolute atomic E-state index is 0.154. The Bertz CT molecular complexity index is 614. The minimum atomic E-state index is 0.154. The average Bonchev–Trinajstić information content (AvgIpc) is 3.27. The van der Waals surface area contributed by atoms with Gasteiger partial charge >= 0.3 is 0 Å². The first kappa shape index (κ1) is 22.1. The Hall–Kier alpha value is -1.63. The minimum Gasteiger partial charge on any atom is -0.379 e. The third kappa shape index (κ3) is 7.28. The van der Waals surface area contributed by atoms with E-state index in [9.17, 15) is 0 Å². The largest absolute Gasteiger partial charge is 0.379 e. The molecule has 0 aliphatic carbocycles. The summed E-state index contributed by atoms with van der Waals surface area (Å²) in [5.41, 5.74) is 2.55. The van der Waals surface area contributed by atoms with E-state index >= 15 is 0 Å². The van der Waals surface area contributed by atoms with Crippen molar-refractivity contribution in [3.05, 3.63) is 35.4 Å². The number of ether oxygens (including phenoxy) is 3. The lowest BCUT2D eigenvalue weighted by atomic mass is 9.89. The van der Waals surface area contributed by atoms with E-state index in [4.69, 9.17) is 14.2 Å². The fourth-order valence-electron chi connectivity index (χ4n) is 4.00. The molecule has 3 unspecified atom stereocenters. The number of rotatable bonds is 9. The normalized spacial score (nSPS) is 25.2. The van der Waals surface area contributed by atoms with Crippen LogP contribution in [-0.2, 0) is 14.2 Å². The number of guanidine groups is 1.